The lowest BCUT2D eigenvalue weighted by molar-refractivity contribution is -0.0104. The first-order valence-electron chi connectivity index (χ1n) is 12.1. The summed E-state index contributed by atoms with van der Waals surface area (Å²) in [5, 5.41) is 17.0. The lowest BCUT2D eigenvalue weighted by Gasteiger charge is -2.33. The van der Waals surface area contributed by atoms with Crippen molar-refractivity contribution in [3.63, 3.8) is 0 Å². The molecule has 3 nitrogen and oxygen atoms in total. The van der Waals surface area contributed by atoms with Crippen molar-refractivity contribution in [1.29, 1.82) is 0 Å². The van der Waals surface area contributed by atoms with Crippen molar-refractivity contribution in [2.24, 2.45) is 0 Å². The minimum absolute atomic E-state index is 0.0462. The molecule has 3 atom stereocenters. The fraction of sp³-hybridized carbons (Fsp3) is 0.379. The van der Waals surface area contributed by atoms with E-state index in [2.05, 4.69) is 66.0 Å². The van der Waals surface area contributed by atoms with Crippen molar-refractivity contribution in [2.75, 3.05) is 13.2 Å². The van der Waals surface area contributed by atoms with Crippen molar-refractivity contribution in [2.45, 2.75) is 56.8 Å². The van der Waals surface area contributed by atoms with E-state index in [9.17, 15) is 5.11 Å². The Labute approximate surface area is 190 Å². The van der Waals surface area contributed by atoms with Gasteiger partial charge in [-0.1, -0.05) is 60.7 Å². The standard InChI is InChI=1S/C29H31NO2/c31-22(17-30-21-13-12-19-6-1-2-7-20(19)16-21)18-32-28-11-5-10-26-25-14-15-27(29(26)28)24-9-4-3-8-23(24)25/h1-10,21-22,28,30-31H,11-18H2. The van der Waals surface area contributed by atoms with Crippen molar-refractivity contribution >= 4 is 16.8 Å². The molecular weight excluding hydrogens is 394 g/mol. The van der Waals surface area contributed by atoms with Crippen LogP contribution in [0.25, 0.3) is 16.8 Å². The van der Waals surface area contributed by atoms with Gasteiger partial charge in [0.2, 0.25) is 0 Å². The summed E-state index contributed by atoms with van der Waals surface area (Å²) < 4.78 is 6.34. The minimum atomic E-state index is -0.493. The number of aliphatic hydroxyl groups excluding tert-OH is 1. The number of ether oxygens (including phenoxy) is 1. The Kier molecular flexibility index (Phi) is 5.34. The molecule has 0 aliphatic heterocycles. The molecule has 0 amide bonds. The van der Waals surface area contributed by atoms with Crippen molar-refractivity contribution < 1.29 is 9.84 Å². The Morgan fingerprint density at radius 3 is 2.56 bits per heavy atom. The van der Waals surface area contributed by atoms with Gasteiger partial charge in [0.15, 0.2) is 0 Å². The van der Waals surface area contributed by atoms with E-state index < -0.39 is 6.10 Å². The number of rotatable bonds is 6. The Balaban J connectivity index is 1.11. The first-order valence-corrected chi connectivity index (χ1v) is 12.1. The van der Waals surface area contributed by atoms with Gasteiger partial charge in [-0.15, -0.1) is 0 Å². The number of hydrogen-bond donors (Lipinski definition) is 2. The number of aliphatic hydroxyl groups is 1. The number of hydrogen-bond acceptors (Lipinski definition) is 3. The smallest absolute Gasteiger partial charge is 0.0898 e. The zero-order valence-corrected chi connectivity index (χ0v) is 18.5. The van der Waals surface area contributed by atoms with Gasteiger partial charge in [0, 0.05) is 12.6 Å². The van der Waals surface area contributed by atoms with Gasteiger partial charge in [-0.25, -0.2) is 0 Å². The number of fused-ring (bicyclic) bond motifs is 2. The molecule has 4 aliphatic rings. The third kappa shape index (κ3) is 3.59. The van der Waals surface area contributed by atoms with Gasteiger partial charge in [-0.05, 0) is 82.7 Å². The summed E-state index contributed by atoms with van der Waals surface area (Å²) in [5.41, 5.74) is 8.58. The molecule has 7 rings (SSSR count). The zero-order chi connectivity index (χ0) is 21.5. The monoisotopic (exact) mass is 425 g/mol. The van der Waals surface area contributed by atoms with Crippen LogP contribution in [0.2, 0.25) is 0 Å². The second-order valence-corrected chi connectivity index (χ2v) is 9.56. The van der Waals surface area contributed by atoms with Crippen LogP contribution in [0.15, 0.2) is 54.6 Å². The molecule has 0 aromatic heterocycles. The second-order valence-electron chi connectivity index (χ2n) is 9.56. The fourth-order valence-electron chi connectivity index (χ4n) is 6.01. The molecular formula is C29H31NO2. The third-order valence-corrected chi connectivity index (χ3v) is 7.58. The highest BCUT2D eigenvalue weighted by atomic mass is 16.5. The van der Waals surface area contributed by atoms with Gasteiger partial charge >= 0.3 is 0 Å². The van der Waals surface area contributed by atoms with E-state index in [1.54, 1.807) is 0 Å². The molecule has 32 heavy (non-hydrogen) atoms. The van der Waals surface area contributed by atoms with Gasteiger partial charge in [-0.3, -0.25) is 0 Å². The molecule has 3 aromatic carbocycles. The molecule has 0 radical (unpaired) electrons. The molecule has 3 aromatic rings. The molecule has 2 N–H and O–H groups in total. The van der Waals surface area contributed by atoms with Gasteiger partial charge in [0.05, 0.1) is 18.8 Å². The molecule has 2 bridgehead atoms. The number of nitrogens with one attached hydrogen (secondary N) is 1. The first kappa shape index (κ1) is 20.2. The zero-order valence-electron chi connectivity index (χ0n) is 18.5. The highest BCUT2D eigenvalue weighted by Crippen LogP contribution is 2.44. The lowest BCUT2D eigenvalue weighted by atomic mass is 9.76. The van der Waals surface area contributed by atoms with Crippen molar-refractivity contribution in [3.05, 3.63) is 88.0 Å². The van der Waals surface area contributed by atoms with E-state index in [0.717, 1.165) is 38.5 Å². The molecule has 4 aliphatic carbocycles. The predicted octanol–water partition coefficient (Wildman–Crippen LogP) is 4.92. The van der Waals surface area contributed by atoms with E-state index in [4.69, 9.17) is 4.74 Å². The van der Waals surface area contributed by atoms with Crippen LogP contribution in [0.1, 0.15) is 52.3 Å². The fourth-order valence-corrected chi connectivity index (χ4v) is 6.01. The molecule has 0 spiro atoms. The normalized spacial score (nSPS) is 22.0. The Bertz CT molecular complexity index is 1180. The SMILES string of the molecule is OC(CNC1CCc2ccccc2C1)COC1CC=Cc2c1c1c3ccccc3c2CC1. The van der Waals surface area contributed by atoms with E-state index in [1.165, 1.54) is 44.2 Å². The highest BCUT2D eigenvalue weighted by Gasteiger charge is 2.30. The third-order valence-electron chi connectivity index (χ3n) is 7.58. The summed E-state index contributed by atoms with van der Waals surface area (Å²) in [4.78, 5) is 0. The van der Waals surface area contributed by atoms with Crippen LogP contribution in [0, 0.1) is 0 Å². The van der Waals surface area contributed by atoms with Gasteiger partial charge in [-0.2, -0.15) is 0 Å². The average molecular weight is 426 g/mol. The maximum atomic E-state index is 10.7. The van der Waals surface area contributed by atoms with E-state index in [1.807, 2.05) is 0 Å². The topological polar surface area (TPSA) is 41.5 Å². The van der Waals surface area contributed by atoms with Crippen LogP contribution in [0.3, 0.4) is 0 Å². The van der Waals surface area contributed by atoms with Crippen molar-refractivity contribution in [3.8, 4) is 0 Å². The maximum absolute atomic E-state index is 10.7. The van der Waals surface area contributed by atoms with Gasteiger partial charge in [0.1, 0.15) is 0 Å². The quantitative estimate of drug-likeness (QED) is 0.589. The Hall–Kier alpha value is -2.46. The van der Waals surface area contributed by atoms with Crippen LogP contribution in [-0.4, -0.2) is 30.4 Å². The lowest BCUT2D eigenvalue weighted by Crippen LogP contribution is -2.40. The van der Waals surface area contributed by atoms with Gasteiger partial charge < -0.3 is 15.2 Å². The molecule has 3 unspecified atom stereocenters. The van der Waals surface area contributed by atoms with Crippen LogP contribution in [0.5, 0.6) is 0 Å². The summed E-state index contributed by atoms with van der Waals surface area (Å²) >= 11 is 0. The summed E-state index contributed by atoms with van der Waals surface area (Å²) in [7, 11) is 0. The molecule has 164 valence electrons. The highest BCUT2D eigenvalue weighted by molar-refractivity contribution is 5.95. The summed E-state index contributed by atoms with van der Waals surface area (Å²) in [6.45, 7) is 0.952. The predicted molar refractivity (Wildman–Crippen MR) is 130 cm³/mol. The van der Waals surface area contributed by atoms with E-state index in [0.29, 0.717) is 19.2 Å². The Morgan fingerprint density at radius 2 is 1.69 bits per heavy atom. The van der Waals surface area contributed by atoms with Crippen LogP contribution in [0.4, 0.5) is 0 Å². The van der Waals surface area contributed by atoms with Crippen LogP contribution in [-0.2, 0) is 30.4 Å². The average Bonchev–Trinajstić information content (AvgIpc) is 2.86. The molecule has 0 fully saturated rings. The minimum Gasteiger partial charge on any atom is -0.389 e. The van der Waals surface area contributed by atoms with E-state index in [-0.39, 0.29) is 6.10 Å². The van der Waals surface area contributed by atoms with Crippen molar-refractivity contribution in [1.82, 2.24) is 5.32 Å². The maximum Gasteiger partial charge on any atom is 0.0898 e. The van der Waals surface area contributed by atoms with Crippen LogP contribution >= 0.6 is 0 Å². The first-order chi connectivity index (χ1) is 15.8. The molecule has 3 heteroatoms. The Morgan fingerprint density at radius 1 is 0.938 bits per heavy atom. The van der Waals surface area contributed by atoms with E-state index >= 15 is 0 Å². The number of aryl methyl sites for hydroxylation is 3. The molecule has 0 saturated carbocycles. The number of benzene rings is 3. The molecule has 0 heterocycles. The largest absolute Gasteiger partial charge is 0.389 e. The summed E-state index contributed by atoms with van der Waals surface area (Å²) in [6.07, 6.45) is 10.5. The second kappa shape index (κ2) is 8.47. The van der Waals surface area contributed by atoms with Gasteiger partial charge in [0.25, 0.3) is 0 Å². The molecule has 0 saturated heterocycles. The summed E-state index contributed by atoms with van der Waals surface area (Å²) in [6, 6.07) is 17.9. The van der Waals surface area contributed by atoms with Crippen LogP contribution < -0.4 is 5.32 Å². The summed E-state index contributed by atoms with van der Waals surface area (Å²) in [5.74, 6) is 0.